The van der Waals surface area contributed by atoms with Crippen molar-refractivity contribution in [1.82, 2.24) is 0 Å². The van der Waals surface area contributed by atoms with Gasteiger partial charge in [-0.3, -0.25) is 9.59 Å². The Kier molecular flexibility index (Phi) is 4.45. The van der Waals surface area contributed by atoms with Gasteiger partial charge in [0, 0.05) is 24.9 Å². The molecule has 4 aliphatic carbocycles. The van der Waals surface area contributed by atoms with E-state index in [-0.39, 0.29) is 23.2 Å². The van der Waals surface area contributed by atoms with Crippen LogP contribution in [0.15, 0.2) is 11.6 Å². The van der Waals surface area contributed by atoms with Gasteiger partial charge >= 0.3 is 0 Å². The normalized spacial score (nSPS) is 47.6. The van der Waals surface area contributed by atoms with Crippen molar-refractivity contribution < 1.29 is 14.7 Å². The number of aliphatic hydroxyl groups is 1. The summed E-state index contributed by atoms with van der Waals surface area (Å²) in [7, 11) is 0. The molecule has 3 fully saturated rings. The number of carbonyl (C=O) groups is 2. The third kappa shape index (κ3) is 2.35. The van der Waals surface area contributed by atoms with Crippen LogP contribution < -0.4 is 0 Å². The quantitative estimate of drug-likeness (QED) is 0.817. The molecule has 0 amide bonds. The summed E-state index contributed by atoms with van der Waals surface area (Å²) in [4.78, 5) is 24.4. The van der Waals surface area contributed by atoms with E-state index in [9.17, 15) is 14.7 Å². The Morgan fingerprint density at radius 2 is 2.04 bits per heavy atom. The van der Waals surface area contributed by atoms with Gasteiger partial charge in [-0.2, -0.15) is 0 Å². The number of aliphatic hydroxyl groups excluding tert-OH is 1. The zero-order valence-electron chi connectivity index (χ0n) is 16.6. The van der Waals surface area contributed by atoms with E-state index in [0.29, 0.717) is 48.2 Å². The second kappa shape index (κ2) is 6.29. The lowest BCUT2D eigenvalue weighted by Gasteiger charge is -2.62. The Balaban J connectivity index is 1.71. The molecule has 2 unspecified atom stereocenters. The van der Waals surface area contributed by atoms with Crippen LogP contribution in [0.2, 0.25) is 0 Å². The van der Waals surface area contributed by atoms with Crippen molar-refractivity contribution in [1.29, 1.82) is 0 Å². The molecule has 0 saturated heterocycles. The third-order valence-electron chi connectivity index (χ3n) is 9.15. The Bertz CT molecular complexity index is 650. The maximum absolute atomic E-state index is 12.2. The average molecular weight is 359 g/mol. The Morgan fingerprint density at radius 1 is 1.27 bits per heavy atom. The number of fused-ring (bicyclic) bond motifs is 5. The molecule has 4 aliphatic rings. The van der Waals surface area contributed by atoms with Gasteiger partial charge in [-0.05, 0) is 79.6 Å². The number of rotatable bonds is 3. The van der Waals surface area contributed by atoms with Crippen LogP contribution in [-0.2, 0) is 9.59 Å². The number of carbonyl (C=O) groups excluding carboxylic acids is 2. The molecular formula is C23H34O3. The molecule has 0 aliphatic heterocycles. The average Bonchev–Trinajstić information content (AvgIpc) is 2.98. The second-order valence-electron chi connectivity index (χ2n) is 9.89. The van der Waals surface area contributed by atoms with Gasteiger partial charge in [0.2, 0.25) is 0 Å². The van der Waals surface area contributed by atoms with Crippen LogP contribution in [-0.4, -0.2) is 23.3 Å². The SMILES string of the molecule is CCC1C[C@@H]2[C@H](CC[C@]3(C)C(C(C)=O)=CC[C@@H]23)[C@@]2(CO)CCC(=O)CC12. The van der Waals surface area contributed by atoms with Gasteiger partial charge in [-0.1, -0.05) is 26.3 Å². The van der Waals surface area contributed by atoms with Crippen LogP contribution in [0, 0.1) is 40.4 Å². The van der Waals surface area contributed by atoms with Crippen LogP contribution in [0.3, 0.4) is 0 Å². The molecular weight excluding hydrogens is 324 g/mol. The summed E-state index contributed by atoms with van der Waals surface area (Å²) >= 11 is 0. The molecule has 0 aromatic heterocycles. The Hall–Kier alpha value is -0.960. The van der Waals surface area contributed by atoms with E-state index >= 15 is 0 Å². The summed E-state index contributed by atoms with van der Waals surface area (Å²) in [5.41, 5.74) is 1.03. The van der Waals surface area contributed by atoms with Crippen LogP contribution in [0.4, 0.5) is 0 Å². The van der Waals surface area contributed by atoms with Gasteiger partial charge in [-0.25, -0.2) is 0 Å². The topological polar surface area (TPSA) is 54.4 Å². The zero-order valence-corrected chi connectivity index (χ0v) is 16.6. The highest BCUT2D eigenvalue weighted by Crippen LogP contribution is 2.67. The van der Waals surface area contributed by atoms with E-state index in [0.717, 1.165) is 37.7 Å². The van der Waals surface area contributed by atoms with E-state index < -0.39 is 0 Å². The molecule has 1 N–H and O–H groups in total. The number of hydrogen-bond acceptors (Lipinski definition) is 3. The minimum Gasteiger partial charge on any atom is -0.396 e. The monoisotopic (exact) mass is 358 g/mol. The number of hydrogen-bond donors (Lipinski definition) is 1. The first-order chi connectivity index (χ1) is 12.4. The maximum atomic E-state index is 12.2. The maximum Gasteiger partial charge on any atom is 0.156 e. The van der Waals surface area contributed by atoms with Gasteiger partial charge in [-0.15, -0.1) is 0 Å². The van der Waals surface area contributed by atoms with Gasteiger partial charge in [0.1, 0.15) is 5.78 Å². The smallest absolute Gasteiger partial charge is 0.156 e. The fourth-order valence-electron chi connectivity index (χ4n) is 7.93. The standard InChI is InChI=1S/C23H34O3/c1-4-15-11-17-19-6-5-18(14(2)25)22(19,3)9-8-20(17)23(13-24)10-7-16(26)12-21(15)23/h5,15,17,19-21,24H,4,6-13H2,1-3H3/t15?,17-,19-,20-,21?,22+,23-/m0/s1. The molecule has 26 heavy (non-hydrogen) atoms. The highest BCUT2D eigenvalue weighted by molar-refractivity contribution is 5.95. The highest BCUT2D eigenvalue weighted by Gasteiger charge is 2.62. The zero-order chi connectivity index (χ0) is 18.7. The van der Waals surface area contributed by atoms with Gasteiger partial charge in [0.15, 0.2) is 5.78 Å². The van der Waals surface area contributed by atoms with Crippen molar-refractivity contribution in [3.8, 4) is 0 Å². The van der Waals surface area contributed by atoms with Crippen molar-refractivity contribution in [2.24, 2.45) is 40.4 Å². The van der Waals surface area contributed by atoms with Gasteiger partial charge < -0.3 is 5.11 Å². The Labute approximate surface area is 157 Å². The van der Waals surface area contributed by atoms with Crippen molar-refractivity contribution in [3.05, 3.63) is 11.6 Å². The molecule has 0 spiro atoms. The first kappa shape index (κ1) is 18.4. The molecule has 3 heteroatoms. The van der Waals surface area contributed by atoms with E-state index in [2.05, 4.69) is 19.9 Å². The highest BCUT2D eigenvalue weighted by atomic mass is 16.3. The minimum atomic E-state index is -0.0577. The summed E-state index contributed by atoms with van der Waals surface area (Å²) < 4.78 is 0. The van der Waals surface area contributed by atoms with E-state index in [1.165, 1.54) is 6.42 Å². The molecule has 144 valence electrons. The van der Waals surface area contributed by atoms with Gasteiger partial charge in [0.25, 0.3) is 0 Å². The molecule has 0 radical (unpaired) electrons. The summed E-state index contributed by atoms with van der Waals surface area (Å²) in [5, 5.41) is 10.6. The molecule has 3 nitrogen and oxygen atoms in total. The number of ketones is 2. The predicted molar refractivity (Wildman–Crippen MR) is 101 cm³/mol. The summed E-state index contributed by atoms with van der Waals surface area (Å²) in [6.07, 6.45) is 9.89. The van der Waals surface area contributed by atoms with E-state index in [1.807, 2.05) is 0 Å². The lowest BCUT2D eigenvalue weighted by molar-refractivity contribution is -0.164. The third-order valence-corrected chi connectivity index (χ3v) is 9.15. The van der Waals surface area contributed by atoms with Crippen molar-refractivity contribution in [2.75, 3.05) is 6.61 Å². The molecule has 0 bridgehead atoms. The molecule has 7 atom stereocenters. The molecule has 3 saturated carbocycles. The second-order valence-corrected chi connectivity index (χ2v) is 9.89. The molecule has 4 rings (SSSR count). The van der Waals surface area contributed by atoms with Crippen molar-refractivity contribution >= 4 is 11.6 Å². The van der Waals surface area contributed by atoms with E-state index in [1.54, 1.807) is 6.92 Å². The number of allylic oxidation sites excluding steroid dienone is 2. The summed E-state index contributed by atoms with van der Waals surface area (Å²) in [5.74, 6) is 3.19. The molecule has 0 aromatic rings. The largest absolute Gasteiger partial charge is 0.396 e. The predicted octanol–water partition coefficient (Wildman–Crippen LogP) is 4.33. The first-order valence-corrected chi connectivity index (χ1v) is 10.7. The first-order valence-electron chi connectivity index (χ1n) is 10.7. The minimum absolute atomic E-state index is 0.0270. The number of Topliss-reactive ketones (excluding diaryl/α,β-unsaturated/α-hetero) is 2. The van der Waals surface area contributed by atoms with Crippen molar-refractivity contribution in [2.45, 2.75) is 72.1 Å². The van der Waals surface area contributed by atoms with Crippen molar-refractivity contribution in [3.63, 3.8) is 0 Å². The molecule has 0 aromatic carbocycles. The summed E-state index contributed by atoms with van der Waals surface area (Å²) in [6, 6.07) is 0. The van der Waals surface area contributed by atoms with Crippen LogP contribution in [0.5, 0.6) is 0 Å². The van der Waals surface area contributed by atoms with E-state index in [4.69, 9.17) is 0 Å². The lowest BCUT2D eigenvalue weighted by atomic mass is 9.42. The van der Waals surface area contributed by atoms with Crippen LogP contribution in [0.1, 0.15) is 72.1 Å². The fraction of sp³-hybridized carbons (Fsp3) is 0.826. The van der Waals surface area contributed by atoms with Gasteiger partial charge in [0.05, 0.1) is 0 Å². The summed E-state index contributed by atoms with van der Waals surface area (Å²) in [6.45, 7) is 6.53. The van der Waals surface area contributed by atoms with Crippen LogP contribution in [0.25, 0.3) is 0 Å². The van der Waals surface area contributed by atoms with Crippen LogP contribution >= 0.6 is 0 Å². The Morgan fingerprint density at radius 3 is 2.69 bits per heavy atom. The fourth-order valence-corrected chi connectivity index (χ4v) is 7.93. The lowest BCUT2D eigenvalue weighted by Crippen LogP contribution is -2.58. The molecule has 0 heterocycles.